The van der Waals surface area contributed by atoms with Crippen molar-refractivity contribution in [2.24, 2.45) is 0 Å². The van der Waals surface area contributed by atoms with E-state index in [0.717, 1.165) is 5.69 Å². The third kappa shape index (κ3) is 2.58. The molecule has 0 saturated carbocycles. The lowest BCUT2D eigenvalue weighted by molar-refractivity contribution is -0.117. The number of carbonyl (C=O) groups is 1. The van der Waals surface area contributed by atoms with Crippen molar-refractivity contribution in [2.75, 3.05) is 23.3 Å². The highest BCUT2D eigenvalue weighted by Crippen LogP contribution is 2.37. The summed E-state index contributed by atoms with van der Waals surface area (Å²) in [5.41, 5.74) is 1.38. The molecule has 1 aliphatic rings. The van der Waals surface area contributed by atoms with E-state index in [1.54, 1.807) is 12.1 Å². The second-order valence-corrected chi connectivity index (χ2v) is 5.41. The highest BCUT2D eigenvalue weighted by Gasteiger charge is 2.27. The van der Waals surface area contributed by atoms with Crippen LogP contribution in [0.1, 0.15) is 0 Å². The molecular weight excluding hydrogens is 306 g/mol. The van der Waals surface area contributed by atoms with Crippen LogP contribution < -0.4 is 10.2 Å². The zero-order chi connectivity index (χ0) is 12.6. The molecule has 0 spiro atoms. The van der Waals surface area contributed by atoms with Crippen LogP contribution in [0.25, 0.3) is 0 Å². The summed E-state index contributed by atoms with van der Waals surface area (Å²) in [6.45, 7) is 1.09. The lowest BCUT2D eigenvalue weighted by Crippen LogP contribution is -2.41. The van der Waals surface area contributed by atoms with Crippen LogP contribution in [-0.2, 0) is 4.79 Å². The van der Waals surface area contributed by atoms with Gasteiger partial charge in [0, 0.05) is 13.1 Å². The van der Waals surface area contributed by atoms with Gasteiger partial charge in [-0.25, -0.2) is 0 Å². The summed E-state index contributed by atoms with van der Waals surface area (Å²) in [5, 5.41) is 3.94. The molecule has 2 rings (SSSR count). The van der Waals surface area contributed by atoms with Gasteiger partial charge in [0.2, 0.25) is 0 Å². The highest BCUT2D eigenvalue weighted by atomic mass is 35.5. The van der Waals surface area contributed by atoms with Crippen LogP contribution in [0.15, 0.2) is 12.1 Å². The van der Waals surface area contributed by atoms with Crippen molar-refractivity contribution in [3.8, 4) is 0 Å². The van der Waals surface area contributed by atoms with Crippen LogP contribution >= 0.6 is 46.4 Å². The lowest BCUT2D eigenvalue weighted by atomic mass is 10.2. The summed E-state index contributed by atoms with van der Waals surface area (Å²) >= 11 is 23.0. The number of nitrogens with one attached hydrogen (secondary N) is 1. The van der Waals surface area contributed by atoms with Gasteiger partial charge >= 0.3 is 0 Å². The van der Waals surface area contributed by atoms with Crippen molar-refractivity contribution in [2.45, 2.75) is 4.84 Å². The average molecular weight is 314 g/mol. The minimum atomic E-state index is -1.09. The molecule has 0 bridgehead atoms. The van der Waals surface area contributed by atoms with E-state index in [1.165, 1.54) is 4.90 Å². The van der Waals surface area contributed by atoms with Crippen molar-refractivity contribution >= 4 is 63.7 Å². The van der Waals surface area contributed by atoms with Gasteiger partial charge in [0.1, 0.15) is 0 Å². The molecule has 92 valence electrons. The summed E-state index contributed by atoms with van der Waals surface area (Å²) in [7, 11) is 0. The van der Waals surface area contributed by atoms with Crippen molar-refractivity contribution < 1.29 is 4.79 Å². The molecule has 1 heterocycles. The number of amides is 1. The van der Waals surface area contributed by atoms with Gasteiger partial charge in [0.15, 0.2) is 4.84 Å². The first kappa shape index (κ1) is 13.1. The second kappa shape index (κ2) is 5.11. The number of carbonyl (C=O) groups excluding carboxylic acids is 1. The number of hydrogen-bond donors (Lipinski definition) is 1. The molecule has 0 fully saturated rings. The normalized spacial score (nSPS) is 14.5. The van der Waals surface area contributed by atoms with E-state index in [-0.39, 0.29) is 5.91 Å². The number of anilines is 2. The standard InChI is InChI=1S/C10H8Cl4N2O/c11-5-3-7-8(4-6(5)12)16(2-1-15-7)10(17)9(13)14/h3-4,9,15H,1-2H2. The zero-order valence-electron chi connectivity index (χ0n) is 8.51. The van der Waals surface area contributed by atoms with Gasteiger partial charge in [0.05, 0.1) is 21.4 Å². The minimum Gasteiger partial charge on any atom is -0.382 e. The number of alkyl halides is 2. The number of rotatable bonds is 1. The Labute approximate surface area is 119 Å². The Kier molecular flexibility index (Phi) is 3.93. The summed E-state index contributed by atoms with van der Waals surface area (Å²) in [6.07, 6.45) is 0. The number of hydrogen-bond acceptors (Lipinski definition) is 2. The van der Waals surface area contributed by atoms with E-state index in [2.05, 4.69) is 5.32 Å². The number of fused-ring (bicyclic) bond motifs is 1. The third-order valence-corrected chi connectivity index (χ3v) is 3.53. The van der Waals surface area contributed by atoms with E-state index in [9.17, 15) is 4.79 Å². The Balaban J connectivity index is 2.44. The van der Waals surface area contributed by atoms with Crippen molar-refractivity contribution in [1.82, 2.24) is 0 Å². The SMILES string of the molecule is O=C(C(Cl)Cl)N1CCNc2cc(Cl)c(Cl)cc21. The number of nitrogens with zero attached hydrogens (tertiary/aromatic N) is 1. The molecule has 0 saturated heterocycles. The lowest BCUT2D eigenvalue weighted by Gasteiger charge is -2.31. The first-order valence-electron chi connectivity index (χ1n) is 4.83. The van der Waals surface area contributed by atoms with Crippen LogP contribution in [0, 0.1) is 0 Å². The first-order chi connectivity index (χ1) is 8.00. The van der Waals surface area contributed by atoms with Crippen LogP contribution in [-0.4, -0.2) is 23.8 Å². The molecule has 1 aliphatic heterocycles. The quantitative estimate of drug-likeness (QED) is 0.804. The summed E-state index contributed by atoms with van der Waals surface area (Å²) < 4.78 is 0. The third-order valence-electron chi connectivity index (χ3n) is 2.43. The van der Waals surface area contributed by atoms with Gasteiger partial charge < -0.3 is 10.2 Å². The van der Waals surface area contributed by atoms with E-state index in [0.29, 0.717) is 28.8 Å². The molecule has 0 radical (unpaired) electrons. The Morgan fingerprint density at radius 1 is 1.29 bits per heavy atom. The van der Waals surface area contributed by atoms with Crippen LogP contribution in [0.5, 0.6) is 0 Å². The molecular formula is C10H8Cl4N2O. The van der Waals surface area contributed by atoms with E-state index < -0.39 is 4.84 Å². The fraction of sp³-hybridized carbons (Fsp3) is 0.300. The van der Waals surface area contributed by atoms with E-state index >= 15 is 0 Å². The van der Waals surface area contributed by atoms with E-state index in [4.69, 9.17) is 46.4 Å². The summed E-state index contributed by atoms with van der Waals surface area (Å²) in [5.74, 6) is -0.366. The molecule has 7 heteroatoms. The Hall–Kier alpha value is -0.350. The van der Waals surface area contributed by atoms with Crippen molar-refractivity contribution in [1.29, 1.82) is 0 Å². The largest absolute Gasteiger partial charge is 0.382 e. The molecule has 3 nitrogen and oxygen atoms in total. The second-order valence-electron chi connectivity index (χ2n) is 3.50. The van der Waals surface area contributed by atoms with Crippen LogP contribution in [0.3, 0.4) is 0 Å². The van der Waals surface area contributed by atoms with Crippen molar-refractivity contribution in [3.05, 3.63) is 22.2 Å². The van der Waals surface area contributed by atoms with E-state index in [1.807, 2.05) is 0 Å². The molecule has 0 aliphatic carbocycles. The fourth-order valence-corrected chi connectivity index (χ4v) is 2.23. The molecule has 1 N–H and O–H groups in total. The molecule has 0 atom stereocenters. The summed E-state index contributed by atoms with van der Waals surface area (Å²) in [4.78, 5) is 12.2. The van der Waals surface area contributed by atoms with Crippen LogP contribution in [0.2, 0.25) is 10.0 Å². The molecule has 0 aromatic heterocycles. The maximum Gasteiger partial charge on any atom is 0.260 e. The maximum absolute atomic E-state index is 11.8. The molecule has 17 heavy (non-hydrogen) atoms. The monoisotopic (exact) mass is 312 g/mol. The zero-order valence-corrected chi connectivity index (χ0v) is 11.5. The number of benzene rings is 1. The van der Waals surface area contributed by atoms with Gasteiger partial charge in [0.25, 0.3) is 5.91 Å². The summed E-state index contributed by atoms with van der Waals surface area (Å²) in [6, 6.07) is 3.30. The molecule has 1 aromatic rings. The Bertz CT molecular complexity index is 464. The van der Waals surface area contributed by atoms with Gasteiger partial charge in [-0.15, -0.1) is 0 Å². The molecule has 0 unspecified atom stereocenters. The smallest absolute Gasteiger partial charge is 0.260 e. The minimum absolute atomic E-state index is 0.366. The van der Waals surface area contributed by atoms with Gasteiger partial charge in [-0.1, -0.05) is 46.4 Å². The molecule has 1 amide bonds. The predicted molar refractivity (Wildman–Crippen MR) is 72.8 cm³/mol. The topological polar surface area (TPSA) is 32.3 Å². The first-order valence-corrected chi connectivity index (χ1v) is 6.46. The predicted octanol–water partition coefficient (Wildman–Crippen LogP) is 3.56. The van der Waals surface area contributed by atoms with Crippen LogP contribution in [0.4, 0.5) is 11.4 Å². The van der Waals surface area contributed by atoms with Gasteiger partial charge in [-0.05, 0) is 12.1 Å². The Morgan fingerprint density at radius 3 is 2.59 bits per heavy atom. The Morgan fingerprint density at radius 2 is 1.94 bits per heavy atom. The van der Waals surface area contributed by atoms with Crippen molar-refractivity contribution in [3.63, 3.8) is 0 Å². The maximum atomic E-state index is 11.8. The van der Waals surface area contributed by atoms with Gasteiger partial charge in [-0.3, -0.25) is 4.79 Å². The van der Waals surface area contributed by atoms with Gasteiger partial charge in [-0.2, -0.15) is 0 Å². The average Bonchev–Trinajstić information content (AvgIpc) is 2.29. The number of halogens is 4. The molecule has 1 aromatic carbocycles. The highest BCUT2D eigenvalue weighted by molar-refractivity contribution is 6.54. The fourth-order valence-electron chi connectivity index (χ4n) is 1.67.